The maximum atomic E-state index is 11.2. The zero-order valence-electron chi connectivity index (χ0n) is 7.63. The van der Waals surface area contributed by atoms with Crippen molar-refractivity contribution in [3.8, 4) is 0 Å². The van der Waals surface area contributed by atoms with Crippen molar-refractivity contribution in [1.82, 2.24) is 0 Å². The number of ketones is 1. The van der Waals surface area contributed by atoms with Crippen molar-refractivity contribution >= 4 is 16.8 Å². The van der Waals surface area contributed by atoms with Gasteiger partial charge in [0, 0.05) is 5.39 Å². The Balaban J connectivity index is 2.83. The van der Waals surface area contributed by atoms with E-state index in [4.69, 9.17) is 4.42 Å². The molecule has 0 aliphatic carbocycles. The van der Waals surface area contributed by atoms with Gasteiger partial charge in [0.15, 0.2) is 5.78 Å². The van der Waals surface area contributed by atoms with Crippen molar-refractivity contribution in [1.29, 1.82) is 0 Å². The highest BCUT2D eigenvalue weighted by molar-refractivity contribution is 6.06. The number of carbonyl (C=O) groups is 1. The van der Waals surface area contributed by atoms with Crippen LogP contribution in [-0.4, -0.2) is 5.78 Å². The van der Waals surface area contributed by atoms with E-state index in [0.29, 0.717) is 5.56 Å². The number of Topliss-reactive ketones (excluding diaryl/α,β-unsaturated/α-hetero) is 1. The highest BCUT2D eigenvalue weighted by atomic mass is 16.3. The van der Waals surface area contributed by atoms with Gasteiger partial charge >= 0.3 is 0 Å². The zero-order valence-corrected chi connectivity index (χ0v) is 7.63. The Kier molecular flexibility index (Phi) is 1.69. The van der Waals surface area contributed by atoms with Crippen molar-refractivity contribution in [2.75, 3.05) is 0 Å². The quantitative estimate of drug-likeness (QED) is 0.622. The first-order chi connectivity index (χ1) is 6.20. The van der Waals surface area contributed by atoms with Crippen LogP contribution in [0.25, 0.3) is 11.0 Å². The van der Waals surface area contributed by atoms with Gasteiger partial charge in [0.25, 0.3) is 0 Å². The number of carbonyl (C=O) groups excluding carboxylic acids is 1. The minimum absolute atomic E-state index is 0.0457. The Labute approximate surface area is 76.2 Å². The molecule has 0 aliphatic heterocycles. The number of benzene rings is 1. The molecule has 13 heavy (non-hydrogen) atoms. The Bertz CT molecular complexity index is 466. The lowest BCUT2D eigenvalue weighted by molar-refractivity contribution is 0.101. The lowest BCUT2D eigenvalue weighted by Crippen LogP contribution is -1.88. The van der Waals surface area contributed by atoms with Crippen LogP contribution in [0, 0.1) is 6.92 Å². The molecule has 1 heterocycles. The van der Waals surface area contributed by atoms with Gasteiger partial charge in [-0.2, -0.15) is 0 Å². The first-order valence-electron chi connectivity index (χ1n) is 4.18. The van der Waals surface area contributed by atoms with Crippen molar-refractivity contribution in [3.05, 3.63) is 35.6 Å². The third-order valence-electron chi connectivity index (χ3n) is 2.18. The Morgan fingerprint density at radius 3 is 2.85 bits per heavy atom. The SMILES string of the molecule is CC(=O)c1coc2c(C)cccc12. The molecule has 1 aromatic carbocycles. The second kappa shape index (κ2) is 2.73. The van der Waals surface area contributed by atoms with E-state index in [-0.39, 0.29) is 5.78 Å². The summed E-state index contributed by atoms with van der Waals surface area (Å²) in [6.45, 7) is 3.52. The first-order valence-corrected chi connectivity index (χ1v) is 4.18. The normalized spacial score (nSPS) is 10.6. The number of para-hydroxylation sites is 1. The Morgan fingerprint density at radius 2 is 2.15 bits per heavy atom. The molecule has 0 N–H and O–H groups in total. The van der Waals surface area contributed by atoms with Crippen molar-refractivity contribution in [3.63, 3.8) is 0 Å². The predicted molar refractivity (Wildman–Crippen MR) is 51.0 cm³/mol. The monoisotopic (exact) mass is 174 g/mol. The molecule has 0 spiro atoms. The van der Waals surface area contributed by atoms with Gasteiger partial charge in [0.05, 0.1) is 5.56 Å². The number of rotatable bonds is 1. The van der Waals surface area contributed by atoms with Crippen LogP contribution in [0.1, 0.15) is 22.8 Å². The second-order valence-electron chi connectivity index (χ2n) is 3.16. The topological polar surface area (TPSA) is 30.2 Å². The van der Waals surface area contributed by atoms with Gasteiger partial charge in [0.2, 0.25) is 0 Å². The third kappa shape index (κ3) is 1.15. The van der Waals surface area contributed by atoms with Gasteiger partial charge in [0.1, 0.15) is 11.8 Å². The molecule has 0 atom stereocenters. The van der Waals surface area contributed by atoms with Crippen molar-refractivity contribution in [2.24, 2.45) is 0 Å². The van der Waals surface area contributed by atoms with Crippen LogP contribution in [0.5, 0.6) is 0 Å². The molecular formula is C11H10O2. The van der Waals surface area contributed by atoms with E-state index in [2.05, 4.69) is 0 Å². The van der Waals surface area contributed by atoms with E-state index < -0.39 is 0 Å². The van der Waals surface area contributed by atoms with Crippen molar-refractivity contribution in [2.45, 2.75) is 13.8 Å². The average molecular weight is 174 g/mol. The van der Waals surface area contributed by atoms with Crippen LogP contribution in [0.15, 0.2) is 28.9 Å². The summed E-state index contributed by atoms with van der Waals surface area (Å²) in [5.41, 5.74) is 2.54. The molecule has 0 aliphatic rings. The average Bonchev–Trinajstić information content (AvgIpc) is 2.48. The number of fused-ring (bicyclic) bond motifs is 1. The second-order valence-corrected chi connectivity index (χ2v) is 3.16. The van der Waals surface area contributed by atoms with Crippen LogP contribution < -0.4 is 0 Å². The molecule has 0 fully saturated rings. The van der Waals surface area contributed by atoms with Gasteiger partial charge in [-0.15, -0.1) is 0 Å². The van der Waals surface area contributed by atoms with Gasteiger partial charge < -0.3 is 4.42 Å². The fraction of sp³-hybridized carbons (Fsp3) is 0.182. The Morgan fingerprint density at radius 1 is 1.38 bits per heavy atom. The molecule has 0 amide bonds. The highest BCUT2D eigenvalue weighted by Gasteiger charge is 2.10. The molecule has 0 bridgehead atoms. The maximum Gasteiger partial charge on any atom is 0.163 e. The lowest BCUT2D eigenvalue weighted by Gasteiger charge is -1.93. The smallest absolute Gasteiger partial charge is 0.163 e. The standard InChI is InChI=1S/C11H10O2/c1-7-4-3-5-9-10(8(2)12)6-13-11(7)9/h3-6H,1-2H3. The molecule has 2 heteroatoms. The van der Waals surface area contributed by atoms with E-state index in [1.165, 1.54) is 6.26 Å². The maximum absolute atomic E-state index is 11.2. The molecule has 2 rings (SSSR count). The van der Waals surface area contributed by atoms with E-state index in [1.807, 2.05) is 25.1 Å². The summed E-state index contributed by atoms with van der Waals surface area (Å²) in [6.07, 6.45) is 1.53. The van der Waals surface area contributed by atoms with Crippen LogP contribution in [0.2, 0.25) is 0 Å². The van der Waals surface area contributed by atoms with Gasteiger partial charge in [-0.3, -0.25) is 4.79 Å². The van der Waals surface area contributed by atoms with Crippen LogP contribution in [-0.2, 0) is 0 Å². The van der Waals surface area contributed by atoms with Gasteiger partial charge in [-0.05, 0) is 19.4 Å². The van der Waals surface area contributed by atoms with Crippen LogP contribution >= 0.6 is 0 Å². The third-order valence-corrected chi connectivity index (χ3v) is 2.18. The van der Waals surface area contributed by atoms with Gasteiger partial charge in [-0.25, -0.2) is 0 Å². The summed E-state index contributed by atoms with van der Waals surface area (Å²) in [4.78, 5) is 11.2. The van der Waals surface area contributed by atoms with Gasteiger partial charge in [-0.1, -0.05) is 18.2 Å². The Hall–Kier alpha value is -1.57. The minimum Gasteiger partial charge on any atom is -0.463 e. The summed E-state index contributed by atoms with van der Waals surface area (Å²) < 4.78 is 5.32. The zero-order chi connectivity index (χ0) is 9.42. The molecule has 0 unspecified atom stereocenters. The van der Waals surface area contributed by atoms with E-state index in [1.54, 1.807) is 6.92 Å². The summed E-state index contributed by atoms with van der Waals surface area (Å²) in [7, 11) is 0. The van der Waals surface area contributed by atoms with Crippen molar-refractivity contribution < 1.29 is 9.21 Å². The number of hydrogen-bond acceptors (Lipinski definition) is 2. The fourth-order valence-corrected chi connectivity index (χ4v) is 1.47. The molecule has 66 valence electrons. The number of aryl methyl sites for hydroxylation is 1. The van der Waals surface area contributed by atoms with E-state index >= 15 is 0 Å². The molecule has 0 radical (unpaired) electrons. The summed E-state index contributed by atoms with van der Waals surface area (Å²) >= 11 is 0. The summed E-state index contributed by atoms with van der Waals surface area (Å²) in [6, 6.07) is 5.80. The summed E-state index contributed by atoms with van der Waals surface area (Å²) in [5.74, 6) is 0.0457. The molecule has 2 nitrogen and oxygen atoms in total. The molecular weight excluding hydrogens is 164 g/mol. The molecule has 0 saturated heterocycles. The first kappa shape index (κ1) is 8.05. The fourth-order valence-electron chi connectivity index (χ4n) is 1.47. The minimum atomic E-state index is 0.0457. The van der Waals surface area contributed by atoms with E-state index in [9.17, 15) is 4.79 Å². The number of hydrogen-bond donors (Lipinski definition) is 0. The predicted octanol–water partition coefficient (Wildman–Crippen LogP) is 2.94. The summed E-state index contributed by atoms with van der Waals surface area (Å²) in [5, 5.41) is 0.910. The molecule has 0 saturated carbocycles. The lowest BCUT2D eigenvalue weighted by atomic mass is 10.1. The van der Waals surface area contributed by atoms with E-state index in [0.717, 1.165) is 16.5 Å². The largest absolute Gasteiger partial charge is 0.463 e. The van der Waals surface area contributed by atoms with Crippen LogP contribution in [0.4, 0.5) is 0 Å². The molecule has 2 aromatic rings. The highest BCUT2D eigenvalue weighted by Crippen LogP contribution is 2.23. The molecule has 1 aromatic heterocycles. The number of furan rings is 1. The van der Waals surface area contributed by atoms with Crippen LogP contribution in [0.3, 0.4) is 0 Å².